The highest BCUT2D eigenvalue weighted by Gasteiger charge is 2.24. The van der Waals surface area contributed by atoms with Crippen LogP contribution in [-0.4, -0.2) is 0 Å². The smallest absolute Gasteiger partial charge is 0.139 e. The molecule has 0 saturated carbocycles. The minimum absolute atomic E-state index is 0.178. The van der Waals surface area contributed by atoms with Crippen molar-refractivity contribution in [3.8, 4) is 11.5 Å². The maximum Gasteiger partial charge on any atom is 0.139 e. The number of hydrogen-bond acceptors (Lipinski definition) is 1. The van der Waals surface area contributed by atoms with Crippen LogP contribution in [0.3, 0.4) is 0 Å². The third-order valence-corrected chi connectivity index (χ3v) is 4.66. The average molecular weight is 396 g/mol. The molecule has 4 heteroatoms. The van der Waals surface area contributed by atoms with Crippen LogP contribution in [0.25, 0.3) is 0 Å². The summed E-state index contributed by atoms with van der Waals surface area (Å²) in [7, 11) is 0. The Morgan fingerprint density at radius 2 is 1.48 bits per heavy atom. The molecule has 0 N–H and O–H groups in total. The first-order valence-corrected chi connectivity index (χ1v) is 9.55. The van der Waals surface area contributed by atoms with Gasteiger partial charge in [0.15, 0.2) is 0 Å². The fraction of sp³-hybridized carbons (Fsp3) is 0.200. The number of halogens is 3. The topological polar surface area (TPSA) is 9.23 Å². The zero-order valence-corrected chi connectivity index (χ0v) is 16.4. The molecule has 0 aliphatic carbocycles. The minimum Gasteiger partial charge on any atom is -0.457 e. The molecule has 0 fully saturated rings. The van der Waals surface area contributed by atoms with Gasteiger partial charge in [-0.15, -0.1) is 0 Å². The molecule has 0 aromatic heterocycles. The van der Waals surface area contributed by atoms with Crippen LogP contribution < -0.4 is 4.74 Å². The Bertz CT molecular complexity index is 963. The molecule has 0 spiro atoms. The first kappa shape index (κ1) is 20.7. The second-order valence-corrected chi connectivity index (χ2v) is 7.27. The first-order valence-electron chi connectivity index (χ1n) is 9.55. The normalized spacial score (nSPS) is 13.2. The highest BCUT2D eigenvalue weighted by Crippen LogP contribution is 2.36. The molecule has 3 rings (SSSR count). The van der Waals surface area contributed by atoms with E-state index < -0.39 is 23.4 Å². The van der Waals surface area contributed by atoms with E-state index in [1.165, 1.54) is 24.3 Å². The van der Waals surface area contributed by atoms with Crippen molar-refractivity contribution in [3.63, 3.8) is 0 Å². The molecule has 1 nitrogen and oxygen atoms in total. The summed E-state index contributed by atoms with van der Waals surface area (Å²) in [6, 6.07) is 21.7. The Kier molecular flexibility index (Phi) is 6.76. The second-order valence-electron chi connectivity index (χ2n) is 7.27. The van der Waals surface area contributed by atoms with Crippen LogP contribution in [0.15, 0.2) is 90.5 Å². The molecule has 3 aromatic rings. The van der Waals surface area contributed by atoms with Crippen molar-refractivity contribution in [2.24, 2.45) is 5.92 Å². The summed E-state index contributed by atoms with van der Waals surface area (Å²) in [5.74, 6) is -1.77. The molecule has 0 radical (unpaired) electrons. The van der Waals surface area contributed by atoms with E-state index >= 15 is 4.39 Å². The Morgan fingerprint density at radius 1 is 0.828 bits per heavy atom. The van der Waals surface area contributed by atoms with E-state index in [0.29, 0.717) is 22.6 Å². The largest absolute Gasteiger partial charge is 0.457 e. The summed E-state index contributed by atoms with van der Waals surface area (Å²) in [5, 5.41) is 0. The summed E-state index contributed by atoms with van der Waals surface area (Å²) in [4.78, 5) is 0. The van der Waals surface area contributed by atoms with Crippen LogP contribution in [0.5, 0.6) is 11.5 Å². The highest BCUT2D eigenvalue weighted by atomic mass is 19.2. The van der Waals surface area contributed by atoms with Crippen LogP contribution >= 0.6 is 0 Å². The second kappa shape index (κ2) is 9.46. The van der Waals surface area contributed by atoms with Crippen molar-refractivity contribution < 1.29 is 17.9 Å². The van der Waals surface area contributed by atoms with Gasteiger partial charge in [-0.05, 0) is 53.4 Å². The molecule has 0 bridgehead atoms. The lowest BCUT2D eigenvalue weighted by Crippen LogP contribution is -2.09. The van der Waals surface area contributed by atoms with Crippen LogP contribution in [0.2, 0.25) is 0 Å². The lowest BCUT2D eigenvalue weighted by molar-refractivity contribution is 0.414. The number of hydrogen-bond donors (Lipinski definition) is 0. The van der Waals surface area contributed by atoms with Crippen molar-refractivity contribution in [1.29, 1.82) is 0 Å². The summed E-state index contributed by atoms with van der Waals surface area (Å²) in [5.41, 5.74) is 1.16. The molecule has 0 aliphatic rings. The van der Waals surface area contributed by atoms with E-state index in [2.05, 4.69) is 0 Å². The zero-order chi connectivity index (χ0) is 20.8. The van der Waals surface area contributed by atoms with E-state index in [-0.39, 0.29) is 12.3 Å². The van der Waals surface area contributed by atoms with Gasteiger partial charge in [0.25, 0.3) is 0 Å². The molecule has 29 heavy (non-hydrogen) atoms. The summed E-state index contributed by atoms with van der Waals surface area (Å²) < 4.78 is 48.8. The van der Waals surface area contributed by atoms with Crippen molar-refractivity contribution in [3.05, 3.63) is 107 Å². The van der Waals surface area contributed by atoms with Gasteiger partial charge in [-0.1, -0.05) is 56.3 Å². The van der Waals surface area contributed by atoms with Gasteiger partial charge in [0.05, 0.1) is 0 Å². The number of rotatable bonds is 7. The third kappa shape index (κ3) is 5.50. The van der Waals surface area contributed by atoms with Gasteiger partial charge in [-0.3, -0.25) is 0 Å². The van der Waals surface area contributed by atoms with Crippen LogP contribution in [-0.2, 0) is 6.42 Å². The Morgan fingerprint density at radius 3 is 2.14 bits per heavy atom. The quantitative estimate of drug-likeness (QED) is 0.397. The molecule has 1 atom stereocenters. The summed E-state index contributed by atoms with van der Waals surface area (Å²) in [6.45, 7) is 3.63. The Labute approximate surface area is 169 Å². The van der Waals surface area contributed by atoms with Gasteiger partial charge < -0.3 is 4.74 Å². The minimum atomic E-state index is -0.829. The van der Waals surface area contributed by atoms with Crippen LogP contribution in [0.1, 0.15) is 30.9 Å². The molecule has 150 valence electrons. The average Bonchev–Trinajstić information content (AvgIpc) is 2.70. The van der Waals surface area contributed by atoms with Gasteiger partial charge in [0.2, 0.25) is 0 Å². The van der Waals surface area contributed by atoms with Crippen molar-refractivity contribution in [1.82, 2.24) is 0 Å². The Hall–Kier alpha value is -3.01. The van der Waals surface area contributed by atoms with Gasteiger partial charge in [-0.2, -0.15) is 0 Å². The fourth-order valence-corrected chi connectivity index (χ4v) is 3.27. The molecule has 1 unspecified atom stereocenters. The first-order chi connectivity index (χ1) is 13.9. The molecule has 0 amide bonds. The Balaban J connectivity index is 1.81. The standard InChI is InChI=1S/C25H23F3O/c1-17(2)24(19-11-13-20(26)14-12-19)25(28)23(27)16-18-7-6-10-22(15-18)29-21-8-4-3-5-9-21/h3-15,17,24H,16H2,1-2H3. The highest BCUT2D eigenvalue weighted by molar-refractivity contribution is 5.36. The van der Waals surface area contributed by atoms with Gasteiger partial charge in [-0.25, -0.2) is 13.2 Å². The lowest BCUT2D eigenvalue weighted by atomic mass is 9.86. The fourth-order valence-electron chi connectivity index (χ4n) is 3.27. The maximum absolute atomic E-state index is 15.0. The van der Waals surface area contributed by atoms with Gasteiger partial charge in [0.1, 0.15) is 29.0 Å². The van der Waals surface area contributed by atoms with E-state index in [1.807, 2.05) is 44.2 Å². The zero-order valence-electron chi connectivity index (χ0n) is 16.4. The summed E-state index contributed by atoms with van der Waals surface area (Å²) in [6.07, 6.45) is -0.178. The van der Waals surface area contributed by atoms with Crippen molar-refractivity contribution >= 4 is 0 Å². The number of benzene rings is 3. The van der Waals surface area contributed by atoms with Crippen molar-refractivity contribution in [2.75, 3.05) is 0 Å². The number of para-hydroxylation sites is 1. The lowest BCUT2D eigenvalue weighted by Gasteiger charge is -2.20. The van der Waals surface area contributed by atoms with E-state index in [1.54, 1.807) is 24.3 Å². The number of allylic oxidation sites excluding steroid dienone is 2. The summed E-state index contributed by atoms with van der Waals surface area (Å²) >= 11 is 0. The van der Waals surface area contributed by atoms with Gasteiger partial charge >= 0.3 is 0 Å². The van der Waals surface area contributed by atoms with Crippen LogP contribution in [0, 0.1) is 11.7 Å². The van der Waals surface area contributed by atoms with E-state index in [9.17, 15) is 8.78 Å². The molecule has 3 aromatic carbocycles. The molecular weight excluding hydrogens is 373 g/mol. The SMILES string of the molecule is CC(C)C(C(F)=C(F)Cc1cccc(Oc2ccccc2)c1)c1ccc(F)cc1. The maximum atomic E-state index is 15.0. The van der Waals surface area contributed by atoms with E-state index in [0.717, 1.165) is 0 Å². The number of ether oxygens (including phenoxy) is 1. The van der Waals surface area contributed by atoms with Crippen LogP contribution in [0.4, 0.5) is 13.2 Å². The molecular formula is C25H23F3O. The third-order valence-electron chi connectivity index (χ3n) is 4.66. The molecule has 0 aliphatic heterocycles. The van der Waals surface area contributed by atoms with E-state index in [4.69, 9.17) is 4.74 Å². The van der Waals surface area contributed by atoms with Gasteiger partial charge in [0, 0.05) is 12.3 Å². The van der Waals surface area contributed by atoms with Crippen molar-refractivity contribution in [2.45, 2.75) is 26.2 Å². The molecule has 0 heterocycles. The monoisotopic (exact) mass is 396 g/mol. The molecule has 0 saturated heterocycles. The predicted molar refractivity (Wildman–Crippen MR) is 110 cm³/mol. The predicted octanol–water partition coefficient (Wildman–Crippen LogP) is 7.75.